The van der Waals surface area contributed by atoms with Crippen LogP contribution in [0.25, 0.3) is 10.9 Å². The number of nitrogens with one attached hydrogen (secondary N) is 1. The molecule has 1 amide bonds. The molecule has 2 aromatic carbocycles. The van der Waals surface area contributed by atoms with Gasteiger partial charge in [-0.05, 0) is 85.3 Å². The Morgan fingerprint density at radius 3 is 2.58 bits per heavy atom. The van der Waals surface area contributed by atoms with Crippen LogP contribution in [0, 0.1) is 5.82 Å². The van der Waals surface area contributed by atoms with Crippen LogP contribution in [0.3, 0.4) is 0 Å². The Bertz CT molecular complexity index is 1110. The molecule has 4 rings (SSSR count). The number of halogens is 2. The molecule has 0 saturated carbocycles. The number of phenolic OH excluding ortho intramolecular Hbond substituents is 1. The number of likely N-dealkylation sites (tertiary alicyclic amines) is 1. The van der Waals surface area contributed by atoms with E-state index in [1.165, 1.54) is 12.1 Å². The molecule has 1 aromatic heterocycles. The number of piperidine rings is 1. The molecule has 2 N–H and O–H groups in total. The first-order valence-electron chi connectivity index (χ1n) is 10.2. The molecule has 164 valence electrons. The number of aromatic nitrogens is 1. The topological polar surface area (TPSA) is 57.5 Å². The Kier molecular flexibility index (Phi) is 6.60. The summed E-state index contributed by atoms with van der Waals surface area (Å²) in [5.41, 5.74) is 2.33. The van der Waals surface area contributed by atoms with Crippen molar-refractivity contribution in [2.24, 2.45) is 7.05 Å². The molecular weight excluding hydrogens is 481 g/mol. The van der Waals surface area contributed by atoms with Gasteiger partial charge in [0.25, 0.3) is 5.91 Å². The van der Waals surface area contributed by atoms with Crippen LogP contribution in [0.4, 0.5) is 4.39 Å². The van der Waals surface area contributed by atoms with Crippen molar-refractivity contribution in [2.45, 2.75) is 29.5 Å². The lowest BCUT2D eigenvalue weighted by Crippen LogP contribution is -2.43. The number of carbonyl (C=O) groups excluding carboxylic acids is 1. The van der Waals surface area contributed by atoms with Crippen molar-refractivity contribution in [3.8, 4) is 5.75 Å². The van der Waals surface area contributed by atoms with Gasteiger partial charge in [0, 0.05) is 34.8 Å². The van der Waals surface area contributed by atoms with Crippen LogP contribution in [0.5, 0.6) is 5.75 Å². The first kappa shape index (κ1) is 22.2. The Hall–Kier alpha value is -2.03. The molecule has 1 fully saturated rings. The van der Waals surface area contributed by atoms with Gasteiger partial charge in [0.1, 0.15) is 11.6 Å². The highest BCUT2D eigenvalue weighted by molar-refractivity contribution is 9.10. The van der Waals surface area contributed by atoms with Gasteiger partial charge in [-0.2, -0.15) is 0 Å². The van der Waals surface area contributed by atoms with Crippen LogP contribution in [-0.4, -0.2) is 46.7 Å². The average Bonchev–Trinajstić information content (AvgIpc) is 3.01. The standard InChI is InChI=1S/C23H25BrFN3O2S/c1-27-9-7-15(8-10-27)26-23(30)22-17-11-21(29)18(24)12-19(17)28(2)20(22)13-31-16-5-3-14(25)4-6-16/h3-6,11-12,15,29H,7-10,13H2,1-2H3,(H,26,30). The molecule has 0 aliphatic carbocycles. The molecule has 2 heterocycles. The lowest BCUT2D eigenvalue weighted by atomic mass is 10.0. The minimum absolute atomic E-state index is 0.101. The Morgan fingerprint density at radius 2 is 1.90 bits per heavy atom. The zero-order chi connectivity index (χ0) is 22.1. The fourth-order valence-corrected chi connectivity index (χ4v) is 5.31. The number of thioether (sulfide) groups is 1. The number of phenols is 1. The van der Waals surface area contributed by atoms with Gasteiger partial charge in [0.2, 0.25) is 0 Å². The average molecular weight is 506 g/mol. The number of hydrogen-bond donors (Lipinski definition) is 2. The molecule has 0 radical (unpaired) electrons. The van der Waals surface area contributed by atoms with Crippen molar-refractivity contribution in [1.29, 1.82) is 0 Å². The van der Waals surface area contributed by atoms with Gasteiger partial charge in [0.05, 0.1) is 15.6 Å². The first-order valence-corrected chi connectivity index (χ1v) is 12.0. The van der Waals surface area contributed by atoms with Crippen LogP contribution >= 0.6 is 27.7 Å². The quantitative estimate of drug-likeness (QED) is 0.484. The predicted molar refractivity (Wildman–Crippen MR) is 126 cm³/mol. The number of carbonyl (C=O) groups is 1. The highest BCUT2D eigenvalue weighted by Crippen LogP contribution is 2.36. The molecule has 0 unspecified atom stereocenters. The molecule has 0 bridgehead atoms. The molecule has 3 aromatic rings. The highest BCUT2D eigenvalue weighted by atomic mass is 79.9. The summed E-state index contributed by atoms with van der Waals surface area (Å²) in [6, 6.07) is 9.98. The summed E-state index contributed by atoms with van der Waals surface area (Å²) in [4.78, 5) is 16.6. The fraction of sp³-hybridized carbons (Fsp3) is 0.348. The van der Waals surface area contributed by atoms with Gasteiger partial charge >= 0.3 is 0 Å². The number of amides is 1. The smallest absolute Gasteiger partial charge is 0.253 e. The third-order valence-electron chi connectivity index (χ3n) is 5.86. The molecule has 0 spiro atoms. The summed E-state index contributed by atoms with van der Waals surface area (Å²) in [6.07, 6.45) is 1.84. The summed E-state index contributed by atoms with van der Waals surface area (Å²) >= 11 is 4.93. The van der Waals surface area contributed by atoms with Gasteiger partial charge in [-0.1, -0.05) is 0 Å². The zero-order valence-corrected chi connectivity index (χ0v) is 19.9. The van der Waals surface area contributed by atoms with E-state index in [1.807, 2.05) is 17.7 Å². The van der Waals surface area contributed by atoms with Crippen molar-refractivity contribution in [2.75, 3.05) is 20.1 Å². The van der Waals surface area contributed by atoms with Crippen LogP contribution in [0.15, 0.2) is 45.8 Å². The second kappa shape index (κ2) is 9.22. The summed E-state index contributed by atoms with van der Waals surface area (Å²) in [7, 11) is 4.02. The van der Waals surface area contributed by atoms with Crippen LogP contribution in [0.1, 0.15) is 28.9 Å². The van der Waals surface area contributed by atoms with Crippen molar-refractivity contribution >= 4 is 44.5 Å². The lowest BCUT2D eigenvalue weighted by Gasteiger charge is -2.29. The lowest BCUT2D eigenvalue weighted by molar-refractivity contribution is 0.0917. The normalized spacial score (nSPS) is 15.5. The molecule has 1 saturated heterocycles. The van der Waals surface area contributed by atoms with E-state index in [2.05, 4.69) is 33.2 Å². The number of aryl methyl sites for hydroxylation is 1. The fourth-order valence-electron chi connectivity index (χ4n) is 4.01. The van der Waals surface area contributed by atoms with Gasteiger partial charge in [0.15, 0.2) is 0 Å². The number of fused-ring (bicyclic) bond motifs is 1. The Morgan fingerprint density at radius 1 is 1.23 bits per heavy atom. The number of aromatic hydroxyl groups is 1. The van der Waals surface area contributed by atoms with E-state index in [-0.39, 0.29) is 23.5 Å². The third-order valence-corrected chi connectivity index (χ3v) is 7.52. The highest BCUT2D eigenvalue weighted by Gasteiger charge is 2.25. The maximum absolute atomic E-state index is 13.4. The molecule has 5 nitrogen and oxygen atoms in total. The summed E-state index contributed by atoms with van der Waals surface area (Å²) in [6.45, 7) is 1.92. The molecule has 8 heteroatoms. The number of hydrogen-bond acceptors (Lipinski definition) is 4. The monoisotopic (exact) mass is 505 g/mol. The van der Waals surface area contributed by atoms with E-state index < -0.39 is 0 Å². The van der Waals surface area contributed by atoms with Gasteiger partial charge < -0.3 is 19.9 Å². The zero-order valence-electron chi connectivity index (χ0n) is 17.5. The molecule has 1 aliphatic heterocycles. The van der Waals surface area contributed by atoms with E-state index in [0.29, 0.717) is 15.8 Å². The van der Waals surface area contributed by atoms with Crippen molar-refractivity contribution in [3.63, 3.8) is 0 Å². The number of benzene rings is 2. The minimum atomic E-state index is -0.271. The molecule has 31 heavy (non-hydrogen) atoms. The third kappa shape index (κ3) is 4.76. The van der Waals surface area contributed by atoms with Gasteiger partial charge in [-0.15, -0.1) is 11.8 Å². The molecular formula is C23H25BrFN3O2S. The van der Waals surface area contributed by atoms with Crippen LogP contribution in [-0.2, 0) is 12.8 Å². The van der Waals surface area contributed by atoms with Crippen LogP contribution < -0.4 is 5.32 Å². The maximum Gasteiger partial charge on any atom is 0.253 e. The predicted octanol–water partition coefficient (Wildman–Crippen LogP) is 4.90. The second-order valence-electron chi connectivity index (χ2n) is 8.00. The van der Waals surface area contributed by atoms with Crippen LogP contribution in [0.2, 0.25) is 0 Å². The Balaban J connectivity index is 1.68. The van der Waals surface area contributed by atoms with E-state index in [9.17, 15) is 14.3 Å². The van der Waals surface area contributed by atoms with Gasteiger partial charge in [-0.25, -0.2) is 4.39 Å². The van der Waals surface area contributed by atoms with E-state index in [0.717, 1.165) is 47.4 Å². The summed E-state index contributed by atoms with van der Waals surface area (Å²) in [5, 5.41) is 14.2. The largest absolute Gasteiger partial charge is 0.507 e. The Labute approximate surface area is 193 Å². The molecule has 0 atom stereocenters. The van der Waals surface area contributed by atoms with E-state index in [4.69, 9.17) is 0 Å². The van der Waals surface area contributed by atoms with Crippen molar-refractivity contribution in [1.82, 2.24) is 14.8 Å². The number of nitrogens with zero attached hydrogens (tertiary/aromatic N) is 2. The second-order valence-corrected chi connectivity index (χ2v) is 9.90. The maximum atomic E-state index is 13.4. The van der Waals surface area contributed by atoms with Crippen molar-refractivity contribution in [3.05, 3.63) is 57.9 Å². The number of rotatable bonds is 5. The SMILES string of the molecule is CN1CCC(NC(=O)c2c(CSc3ccc(F)cc3)n(C)c3cc(Br)c(O)cc23)CC1. The molecule has 1 aliphatic rings. The van der Waals surface area contributed by atoms with E-state index >= 15 is 0 Å². The van der Waals surface area contributed by atoms with E-state index in [1.54, 1.807) is 30.0 Å². The first-order chi connectivity index (χ1) is 14.8. The summed E-state index contributed by atoms with van der Waals surface area (Å²) < 4.78 is 15.8. The minimum Gasteiger partial charge on any atom is -0.507 e. The van der Waals surface area contributed by atoms with Crippen molar-refractivity contribution < 1.29 is 14.3 Å². The van der Waals surface area contributed by atoms with Gasteiger partial charge in [-0.3, -0.25) is 4.79 Å². The summed E-state index contributed by atoms with van der Waals surface area (Å²) in [5.74, 6) is 0.263.